The molecule has 0 fully saturated rings. The highest BCUT2D eigenvalue weighted by Gasteiger charge is 2.15. The Morgan fingerprint density at radius 1 is 0.964 bits per heavy atom. The fourth-order valence-corrected chi connectivity index (χ4v) is 3.70. The van der Waals surface area contributed by atoms with Gasteiger partial charge in [-0.2, -0.15) is 0 Å². The van der Waals surface area contributed by atoms with Gasteiger partial charge in [0.05, 0.1) is 17.7 Å². The monoisotopic (exact) mass is 395 g/mol. The van der Waals surface area contributed by atoms with Gasteiger partial charge in [-0.25, -0.2) is 8.42 Å². The number of para-hydroxylation sites is 1. The third-order valence-electron chi connectivity index (χ3n) is 4.49. The highest BCUT2D eigenvalue weighted by Crippen LogP contribution is 2.36. The quantitative estimate of drug-likeness (QED) is 0.558. The van der Waals surface area contributed by atoms with Crippen LogP contribution in [-0.4, -0.2) is 27.7 Å². The number of furan rings is 1. The molecule has 0 saturated heterocycles. The van der Waals surface area contributed by atoms with Crippen molar-refractivity contribution in [3.8, 4) is 5.75 Å². The number of amides is 1. The minimum absolute atomic E-state index is 0.158. The highest BCUT2D eigenvalue weighted by molar-refractivity contribution is 7.90. The molecule has 0 bridgehead atoms. The highest BCUT2D eigenvalue weighted by atomic mass is 32.2. The molecule has 1 amide bonds. The van der Waals surface area contributed by atoms with Crippen molar-refractivity contribution >= 4 is 43.4 Å². The van der Waals surface area contributed by atoms with E-state index in [1.165, 1.54) is 31.4 Å². The maximum atomic E-state index is 12.6. The lowest BCUT2D eigenvalue weighted by Gasteiger charge is -2.10. The molecule has 0 aliphatic rings. The molecule has 6 nitrogen and oxygen atoms in total. The first-order chi connectivity index (χ1) is 13.4. The summed E-state index contributed by atoms with van der Waals surface area (Å²) in [6.07, 6.45) is 1.12. The fraction of sp³-hybridized carbons (Fsp3) is 0.0952. The first-order valence-electron chi connectivity index (χ1n) is 8.47. The lowest BCUT2D eigenvalue weighted by atomic mass is 10.1. The molecule has 3 aromatic carbocycles. The van der Waals surface area contributed by atoms with Gasteiger partial charge < -0.3 is 14.5 Å². The maximum Gasteiger partial charge on any atom is 0.255 e. The van der Waals surface area contributed by atoms with Gasteiger partial charge in [0.15, 0.2) is 9.84 Å². The molecule has 1 heterocycles. The summed E-state index contributed by atoms with van der Waals surface area (Å²) in [5, 5.41) is 4.65. The average Bonchev–Trinajstić information content (AvgIpc) is 3.04. The van der Waals surface area contributed by atoms with Crippen LogP contribution < -0.4 is 10.1 Å². The Morgan fingerprint density at radius 2 is 1.68 bits per heavy atom. The first kappa shape index (κ1) is 18.1. The summed E-state index contributed by atoms with van der Waals surface area (Å²) in [5.74, 6) is 0.119. The lowest BCUT2D eigenvalue weighted by Crippen LogP contribution is -2.13. The molecule has 4 aromatic rings. The van der Waals surface area contributed by atoms with Gasteiger partial charge in [-0.3, -0.25) is 4.79 Å². The molecule has 0 unspecified atom stereocenters. The van der Waals surface area contributed by atoms with Crippen molar-refractivity contribution in [1.82, 2.24) is 0 Å². The molecule has 0 aliphatic carbocycles. The van der Waals surface area contributed by atoms with Gasteiger partial charge in [-0.1, -0.05) is 18.2 Å². The number of hydrogen-bond donors (Lipinski definition) is 1. The summed E-state index contributed by atoms with van der Waals surface area (Å²) in [6.45, 7) is 0. The Kier molecular flexibility index (Phi) is 4.31. The zero-order valence-electron chi connectivity index (χ0n) is 15.2. The van der Waals surface area contributed by atoms with Gasteiger partial charge >= 0.3 is 0 Å². The zero-order chi connectivity index (χ0) is 19.9. The first-order valence-corrected chi connectivity index (χ1v) is 10.4. The largest absolute Gasteiger partial charge is 0.495 e. The molecule has 4 rings (SSSR count). The van der Waals surface area contributed by atoms with E-state index in [9.17, 15) is 13.2 Å². The van der Waals surface area contributed by atoms with E-state index in [1.54, 1.807) is 6.07 Å². The number of anilines is 1. The standard InChI is InChI=1S/C21H17NO5S/c1-26-20-11-16-15-5-3-4-6-18(15)27-19(16)12-17(20)22-21(23)13-7-9-14(10-8-13)28(2,24)25/h3-12H,1-2H3,(H,22,23). The third-order valence-corrected chi connectivity index (χ3v) is 5.62. The third kappa shape index (κ3) is 3.20. The summed E-state index contributed by atoms with van der Waals surface area (Å²) in [7, 11) is -1.79. The second-order valence-corrected chi connectivity index (χ2v) is 8.41. The fourth-order valence-electron chi connectivity index (χ4n) is 3.07. The van der Waals surface area contributed by atoms with E-state index in [-0.39, 0.29) is 10.8 Å². The number of rotatable bonds is 4. The molecule has 142 valence electrons. The number of carbonyl (C=O) groups excluding carboxylic acids is 1. The van der Waals surface area contributed by atoms with Crippen molar-refractivity contribution in [3.63, 3.8) is 0 Å². The number of ether oxygens (including phenoxy) is 1. The molecule has 0 aliphatic heterocycles. The van der Waals surface area contributed by atoms with Crippen molar-refractivity contribution in [3.05, 3.63) is 66.2 Å². The summed E-state index contributed by atoms with van der Waals surface area (Å²) >= 11 is 0. The smallest absolute Gasteiger partial charge is 0.255 e. The van der Waals surface area contributed by atoms with Crippen LogP contribution in [0.1, 0.15) is 10.4 Å². The van der Waals surface area contributed by atoms with Crippen LogP contribution in [0.4, 0.5) is 5.69 Å². The van der Waals surface area contributed by atoms with Crippen LogP contribution in [0.3, 0.4) is 0 Å². The van der Waals surface area contributed by atoms with Gasteiger partial charge in [0, 0.05) is 28.7 Å². The van der Waals surface area contributed by atoms with Gasteiger partial charge in [-0.05, 0) is 36.4 Å². The van der Waals surface area contributed by atoms with Crippen molar-refractivity contribution in [2.75, 3.05) is 18.7 Å². The lowest BCUT2D eigenvalue weighted by molar-refractivity contribution is 0.102. The van der Waals surface area contributed by atoms with E-state index in [2.05, 4.69) is 5.32 Å². The molecule has 0 radical (unpaired) electrons. The van der Waals surface area contributed by atoms with Crippen LogP contribution >= 0.6 is 0 Å². The minimum Gasteiger partial charge on any atom is -0.495 e. The molecule has 1 N–H and O–H groups in total. The number of methoxy groups -OCH3 is 1. The number of fused-ring (bicyclic) bond motifs is 3. The van der Waals surface area contributed by atoms with Crippen LogP contribution in [-0.2, 0) is 9.84 Å². The summed E-state index contributed by atoms with van der Waals surface area (Å²) in [6, 6.07) is 17.0. The molecule has 0 atom stereocenters. The molecule has 1 aromatic heterocycles. The Bertz CT molecular complexity index is 1300. The van der Waals surface area contributed by atoms with Crippen LogP contribution in [0.25, 0.3) is 21.9 Å². The molecular formula is C21H17NO5S. The summed E-state index contributed by atoms with van der Waals surface area (Å²) in [4.78, 5) is 12.8. The average molecular weight is 395 g/mol. The number of hydrogen-bond acceptors (Lipinski definition) is 5. The van der Waals surface area contributed by atoms with E-state index in [0.717, 1.165) is 22.6 Å². The van der Waals surface area contributed by atoms with Crippen LogP contribution in [0, 0.1) is 0 Å². The molecular weight excluding hydrogens is 378 g/mol. The van der Waals surface area contributed by atoms with Gasteiger partial charge in [-0.15, -0.1) is 0 Å². The van der Waals surface area contributed by atoms with Crippen molar-refractivity contribution < 1.29 is 22.4 Å². The second-order valence-electron chi connectivity index (χ2n) is 6.40. The number of carbonyl (C=O) groups is 1. The zero-order valence-corrected chi connectivity index (χ0v) is 16.0. The summed E-state index contributed by atoms with van der Waals surface area (Å²) < 4.78 is 34.4. The van der Waals surface area contributed by atoms with E-state index in [1.807, 2.05) is 30.3 Å². The Balaban J connectivity index is 1.70. The molecule has 0 saturated carbocycles. The van der Waals surface area contributed by atoms with Gasteiger partial charge in [0.2, 0.25) is 0 Å². The maximum absolute atomic E-state index is 12.6. The van der Waals surface area contributed by atoms with E-state index in [4.69, 9.17) is 9.15 Å². The van der Waals surface area contributed by atoms with Crippen molar-refractivity contribution in [1.29, 1.82) is 0 Å². The van der Waals surface area contributed by atoms with Gasteiger partial charge in [0.25, 0.3) is 5.91 Å². The normalized spacial score (nSPS) is 11.6. The Labute approximate surface area is 161 Å². The number of nitrogens with one attached hydrogen (secondary N) is 1. The van der Waals surface area contributed by atoms with Crippen LogP contribution in [0.15, 0.2) is 70.0 Å². The molecule has 28 heavy (non-hydrogen) atoms. The molecule has 7 heteroatoms. The SMILES string of the molecule is COc1cc2c(cc1NC(=O)c1ccc(S(C)(=O)=O)cc1)oc1ccccc12. The Morgan fingerprint density at radius 3 is 2.36 bits per heavy atom. The van der Waals surface area contributed by atoms with E-state index in [0.29, 0.717) is 22.6 Å². The van der Waals surface area contributed by atoms with E-state index < -0.39 is 9.84 Å². The van der Waals surface area contributed by atoms with Crippen LogP contribution in [0.2, 0.25) is 0 Å². The predicted molar refractivity (Wildman–Crippen MR) is 108 cm³/mol. The summed E-state index contributed by atoms with van der Waals surface area (Å²) in [5.41, 5.74) is 2.18. The van der Waals surface area contributed by atoms with Crippen molar-refractivity contribution in [2.24, 2.45) is 0 Å². The van der Waals surface area contributed by atoms with E-state index >= 15 is 0 Å². The van der Waals surface area contributed by atoms with Crippen molar-refractivity contribution in [2.45, 2.75) is 4.90 Å². The van der Waals surface area contributed by atoms with Crippen LogP contribution in [0.5, 0.6) is 5.75 Å². The Hall–Kier alpha value is -3.32. The molecule has 0 spiro atoms. The van der Waals surface area contributed by atoms with Gasteiger partial charge in [0.1, 0.15) is 16.9 Å². The number of sulfone groups is 1. The minimum atomic E-state index is -3.32. The topological polar surface area (TPSA) is 85.6 Å². The number of benzene rings is 3. The predicted octanol–water partition coefficient (Wildman–Crippen LogP) is 4.25. The second kappa shape index (κ2) is 6.69.